The molecule has 0 aliphatic carbocycles. The second kappa shape index (κ2) is 10.1. The molecule has 2 aromatic rings. The van der Waals surface area contributed by atoms with Crippen LogP contribution in [0.2, 0.25) is 10.0 Å². The third-order valence-corrected chi connectivity index (χ3v) is 5.43. The number of hydrazine groups is 1. The van der Waals surface area contributed by atoms with Gasteiger partial charge >= 0.3 is 5.97 Å². The number of anilines is 1. The van der Waals surface area contributed by atoms with E-state index in [-0.39, 0.29) is 18.0 Å². The molecule has 0 saturated carbocycles. The molecule has 8 nitrogen and oxygen atoms in total. The molecule has 11 heteroatoms. The number of carbonyl (C=O) groups excluding carboxylic acids is 4. The lowest BCUT2D eigenvalue weighted by molar-refractivity contribution is -0.151. The van der Waals surface area contributed by atoms with Crippen molar-refractivity contribution in [3.63, 3.8) is 0 Å². The van der Waals surface area contributed by atoms with Crippen molar-refractivity contribution in [1.82, 2.24) is 10.4 Å². The zero-order valence-electron chi connectivity index (χ0n) is 15.9. The van der Waals surface area contributed by atoms with Crippen LogP contribution < -0.4 is 10.7 Å². The van der Waals surface area contributed by atoms with Crippen LogP contribution >= 0.6 is 39.1 Å². The van der Waals surface area contributed by atoms with Gasteiger partial charge in [0, 0.05) is 21.5 Å². The largest absolute Gasteiger partial charge is 0.455 e. The number of rotatable bonds is 6. The maximum atomic E-state index is 12.3. The van der Waals surface area contributed by atoms with Crippen LogP contribution in [-0.2, 0) is 19.1 Å². The Hall–Kier alpha value is -2.62. The number of hydrogen-bond donors (Lipinski definition) is 2. The van der Waals surface area contributed by atoms with Crippen LogP contribution in [0.5, 0.6) is 0 Å². The molecule has 3 amide bonds. The zero-order chi connectivity index (χ0) is 22.5. The first kappa shape index (κ1) is 23.1. The van der Waals surface area contributed by atoms with Gasteiger partial charge in [-0.05, 0) is 42.5 Å². The highest BCUT2D eigenvalue weighted by molar-refractivity contribution is 9.10. The van der Waals surface area contributed by atoms with Crippen LogP contribution in [0.1, 0.15) is 16.8 Å². The predicted molar refractivity (Wildman–Crippen MR) is 117 cm³/mol. The Labute approximate surface area is 195 Å². The molecule has 1 atom stereocenters. The van der Waals surface area contributed by atoms with Gasteiger partial charge in [0.2, 0.25) is 5.91 Å². The van der Waals surface area contributed by atoms with Gasteiger partial charge in [-0.1, -0.05) is 39.1 Å². The molecule has 1 heterocycles. The summed E-state index contributed by atoms with van der Waals surface area (Å²) in [5.74, 6) is -3.02. The number of benzene rings is 2. The van der Waals surface area contributed by atoms with Crippen LogP contribution in [0.25, 0.3) is 0 Å². The number of amides is 3. The molecule has 1 saturated heterocycles. The van der Waals surface area contributed by atoms with E-state index in [0.717, 1.165) is 9.48 Å². The molecule has 2 N–H and O–H groups in total. The topological polar surface area (TPSA) is 105 Å². The van der Waals surface area contributed by atoms with E-state index in [1.807, 2.05) is 0 Å². The number of hydrogen-bond acceptors (Lipinski definition) is 5. The fourth-order valence-electron chi connectivity index (χ4n) is 2.79. The SMILES string of the molecule is O=C(COC(=O)[C@H]1CC(=O)N(NC(=O)c2ccc(Br)cc2)C1)Nc1ccc(Cl)cc1Cl. The number of halogens is 3. The molecule has 2 aromatic carbocycles. The van der Waals surface area contributed by atoms with Crippen LogP contribution in [0, 0.1) is 5.92 Å². The third kappa shape index (κ3) is 6.19. The molecule has 31 heavy (non-hydrogen) atoms. The highest BCUT2D eigenvalue weighted by Gasteiger charge is 2.36. The van der Waals surface area contributed by atoms with Gasteiger partial charge in [-0.25, -0.2) is 0 Å². The first-order chi connectivity index (χ1) is 14.7. The summed E-state index contributed by atoms with van der Waals surface area (Å²) in [5, 5.41) is 4.23. The Morgan fingerprint density at radius 2 is 1.84 bits per heavy atom. The van der Waals surface area contributed by atoms with Gasteiger partial charge in [0.1, 0.15) is 0 Å². The molecule has 1 aliphatic rings. The molecular weight excluding hydrogens is 513 g/mol. The predicted octanol–water partition coefficient (Wildman–Crippen LogP) is 3.43. The zero-order valence-corrected chi connectivity index (χ0v) is 19.0. The summed E-state index contributed by atoms with van der Waals surface area (Å²) in [4.78, 5) is 48.7. The van der Waals surface area contributed by atoms with Crippen molar-refractivity contribution in [3.8, 4) is 0 Å². The lowest BCUT2D eigenvalue weighted by Gasteiger charge is -2.17. The molecule has 0 radical (unpaired) electrons. The van der Waals surface area contributed by atoms with E-state index in [1.54, 1.807) is 30.3 Å². The van der Waals surface area contributed by atoms with Gasteiger partial charge in [-0.3, -0.25) is 29.6 Å². The van der Waals surface area contributed by atoms with Crippen LogP contribution in [0.4, 0.5) is 5.69 Å². The van der Waals surface area contributed by atoms with Gasteiger partial charge in [0.15, 0.2) is 6.61 Å². The number of nitrogens with one attached hydrogen (secondary N) is 2. The van der Waals surface area contributed by atoms with Gasteiger partial charge in [-0.15, -0.1) is 0 Å². The number of nitrogens with zero attached hydrogens (tertiary/aromatic N) is 1. The first-order valence-corrected chi connectivity index (χ1v) is 10.6. The first-order valence-electron chi connectivity index (χ1n) is 9.01. The van der Waals surface area contributed by atoms with Crippen LogP contribution in [0.3, 0.4) is 0 Å². The molecule has 1 fully saturated rings. The van der Waals surface area contributed by atoms with Gasteiger partial charge in [0.25, 0.3) is 11.8 Å². The van der Waals surface area contributed by atoms with E-state index < -0.39 is 36.2 Å². The second-order valence-corrected chi connectivity index (χ2v) is 8.39. The van der Waals surface area contributed by atoms with Crippen molar-refractivity contribution in [1.29, 1.82) is 0 Å². The summed E-state index contributed by atoms with van der Waals surface area (Å²) in [5.41, 5.74) is 3.16. The minimum Gasteiger partial charge on any atom is -0.455 e. The summed E-state index contributed by atoms with van der Waals surface area (Å²) >= 11 is 15.1. The Bertz CT molecular complexity index is 1030. The molecule has 0 bridgehead atoms. The molecule has 0 spiro atoms. The Balaban J connectivity index is 1.48. The van der Waals surface area contributed by atoms with E-state index in [1.165, 1.54) is 12.1 Å². The normalized spacial score (nSPS) is 15.5. The summed E-state index contributed by atoms with van der Waals surface area (Å²) in [7, 11) is 0. The van der Waals surface area contributed by atoms with Crippen molar-refractivity contribution in [3.05, 3.63) is 62.5 Å². The maximum Gasteiger partial charge on any atom is 0.311 e. The van der Waals surface area contributed by atoms with Gasteiger partial charge in [0.05, 0.1) is 23.2 Å². The highest BCUT2D eigenvalue weighted by atomic mass is 79.9. The van der Waals surface area contributed by atoms with Gasteiger partial charge < -0.3 is 10.1 Å². The molecule has 0 aromatic heterocycles. The Morgan fingerprint density at radius 3 is 2.52 bits per heavy atom. The van der Waals surface area contributed by atoms with Crippen LogP contribution in [-0.4, -0.2) is 41.9 Å². The van der Waals surface area contributed by atoms with E-state index in [2.05, 4.69) is 26.7 Å². The summed E-state index contributed by atoms with van der Waals surface area (Å²) in [6, 6.07) is 11.1. The van der Waals surface area contributed by atoms with Crippen molar-refractivity contribution in [2.24, 2.45) is 5.92 Å². The fourth-order valence-corrected chi connectivity index (χ4v) is 3.51. The minimum atomic E-state index is -0.801. The number of carbonyl (C=O) groups is 4. The second-order valence-electron chi connectivity index (χ2n) is 6.63. The average molecular weight is 529 g/mol. The monoisotopic (exact) mass is 527 g/mol. The summed E-state index contributed by atoms with van der Waals surface area (Å²) in [6.07, 6.45) is -0.135. The number of ether oxygens (including phenoxy) is 1. The average Bonchev–Trinajstić information content (AvgIpc) is 3.09. The third-order valence-electron chi connectivity index (χ3n) is 4.35. The molecule has 3 rings (SSSR count). The van der Waals surface area contributed by atoms with E-state index >= 15 is 0 Å². The van der Waals surface area contributed by atoms with Crippen molar-refractivity contribution in [2.45, 2.75) is 6.42 Å². The standard InChI is InChI=1S/C20H16BrCl2N3O5/c21-13-3-1-11(2-4-13)19(29)25-26-9-12(7-18(26)28)20(30)31-10-17(27)24-16-6-5-14(22)8-15(16)23/h1-6,8,12H,7,9-10H2,(H,24,27)(H,25,29)/t12-/m0/s1. The summed E-state index contributed by atoms with van der Waals surface area (Å²) in [6.45, 7) is -0.599. The van der Waals surface area contributed by atoms with Crippen molar-refractivity contribution >= 4 is 68.5 Å². The quantitative estimate of drug-likeness (QED) is 0.559. The molecule has 1 aliphatic heterocycles. The lowest BCUT2D eigenvalue weighted by Crippen LogP contribution is -2.43. The van der Waals surface area contributed by atoms with E-state index in [0.29, 0.717) is 16.3 Å². The summed E-state index contributed by atoms with van der Waals surface area (Å²) < 4.78 is 5.82. The Morgan fingerprint density at radius 1 is 1.13 bits per heavy atom. The minimum absolute atomic E-state index is 0.0510. The van der Waals surface area contributed by atoms with Gasteiger partial charge in [-0.2, -0.15) is 0 Å². The lowest BCUT2D eigenvalue weighted by atomic mass is 10.1. The van der Waals surface area contributed by atoms with Crippen molar-refractivity contribution < 1.29 is 23.9 Å². The van der Waals surface area contributed by atoms with Crippen LogP contribution in [0.15, 0.2) is 46.9 Å². The smallest absolute Gasteiger partial charge is 0.311 e. The van der Waals surface area contributed by atoms with E-state index in [4.69, 9.17) is 27.9 Å². The van der Waals surface area contributed by atoms with Crippen molar-refractivity contribution in [2.75, 3.05) is 18.5 Å². The molecular formula is C20H16BrCl2N3O5. The molecule has 0 unspecified atom stereocenters. The fraction of sp³-hybridized carbons (Fsp3) is 0.200. The Kier molecular flexibility index (Phi) is 7.53. The van der Waals surface area contributed by atoms with E-state index in [9.17, 15) is 19.2 Å². The molecule has 162 valence electrons. The number of esters is 1. The maximum absolute atomic E-state index is 12.3. The highest BCUT2D eigenvalue weighted by Crippen LogP contribution is 2.25.